The maximum Gasteiger partial charge on any atom is 0.371 e. The molecule has 7 heteroatoms. The molecule has 0 spiro atoms. The predicted molar refractivity (Wildman–Crippen MR) is 58.1 cm³/mol. The van der Waals surface area contributed by atoms with Gasteiger partial charge in [-0.15, -0.1) is 0 Å². The summed E-state index contributed by atoms with van der Waals surface area (Å²) in [7, 11) is 0. The molecule has 2 aromatic heterocycles. The van der Waals surface area contributed by atoms with Gasteiger partial charge in [-0.25, -0.2) is 4.79 Å². The predicted octanol–water partition coefficient (Wildman–Crippen LogP) is 1.20. The highest BCUT2D eigenvalue weighted by Gasteiger charge is 2.15. The van der Waals surface area contributed by atoms with Gasteiger partial charge in [0.25, 0.3) is 5.91 Å². The third-order valence-electron chi connectivity index (χ3n) is 2.14. The van der Waals surface area contributed by atoms with E-state index in [1.165, 1.54) is 12.1 Å². The number of aromatic carboxylic acids is 1. The molecule has 2 N–H and O–H groups in total. The normalized spacial score (nSPS) is 10.3. The van der Waals surface area contributed by atoms with Crippen molar-refractivity contribution in [1.82, 2.24) is 10.5 Å². The Morgan fingerprint density at radius 1 is 1.39 bits per heavy atom. The number of hydrogen-bond donors (Lipinski definition) is 2. The lowest BCUT2D eigenvalue weighted by Crippen LogP contribution is -2.22. The van der Waals surface area contributed by atoms with Gasteiger partial charge in [0.15, 0.2) is 11.5 Å². The number of aryl methyl sites for hydroxylation is 1. The number of aromatic nitrogens is 1. The monoisotopic (exact) mass is 250 g/mol. The first-order valence-corrected chi connectivity index (χ1v) is 5.10. The molecule has 18 heavy (non-hydrogen) atoms. The minimum Gasteiger partial charge on any atom is -0.475 e. The highest BCUT2D eigenvalue weighted by atomic mass is 16.5. The first-order chi connectivity index (χ1) is 8.56. The Labute approximate surface area is 101 Å². The summed E-state index contributed by atoms with van der Waals surface area (Å²) < 4.78 is 9.75. The summed E-state index contributed by atoms with van der Waals surface area (Å²) >= 11 is 0. The SMILES string of the molecule is Cc1cc(CNC(=O)c2ccc(C(=O)O)o2)on1. The van der Waals surface area contributed by atoms with Crippen molar-refractivity contribution in [2.24, 2.45) is 0 Å². The Bertz CT molecular complexity index is 584. The average molecular weight is 250 g/mol. The second-order valence-electron chi connectivity index (χ2n) is 3.59. The van der Waals surface area contributed by atoms with Crippen LogP contribution in [0.5, 0.6) is 0 Å². The molecule has 2 rings (SSSR count). The van der Waals surface area contributed by atoms with Gasteiger partial charge >= 0.3 is 5.97 Å². The number of amides is 1. The molecule has 0 aromatic carbocycles. The Balaban J connectivity index is 1.97. The molecule has 1 amide bonds. The highest BCUT2D eigenvalue weighted by molar-refractivity contribution is 5.93. The van der Waals surface area contributed by atoms with Crippen molar-refractivity contribution in [3.05, 3.63) is 41.2 Å². The molecule has 0 atom stereocenters. The van der Waals surface area contributed by atoms with E-state index in [0.29, 0.717) is 11.5 Å². The van der Waals surface area contributed by atoms with Crippen LogP contribution in [0.25, 0.3) is 0 Å². The van der Waals surface area contributed by atoms with Crippen LogP contribution < -0.4 is 5.32 Å². The van der Waals surface area contributed by atoms with Crippen LogP contribution in [0, 0.1) is 6.92 Å². The first kappa shape index (κ1) is 11.9. The fraction of sp³-hybridized carbons (Fsp3) is 0.182. The van der Waals surface area contributed by atoms with Crippen molar-refractivity contribution in [1.29, 1.82) is 0 Å². The number of nitrogens with zero attached hydrogens (tertiary/aromatic N) is 1. The van der Waals surface area contributed by atoms with Crippen molar-refractivity contribution >= 4 is 11.9 Å². The van der Waals surface area contributed by atoms with Gasteiger partial charge in [0, 0.05) is 6.07 Å². The number of nitrogens with one attached hydrogen (secondary N) is 1. The first-order valence-electron chi connectivity index (χ1n) is 5.10. The van der Waals surface area contributed by atoms with E-state index >= 15 is 0 Å². The van der Waals surface area contributed by atoms with E-state index in [1.54, 1.807) is 13.0 Å². The summed E-state index contributed by atoms with van der Waals surface area (Å²) in [6.07, 6.45) is 0. The molecule has 0 aliphatic heterocycles. The fourth-order valence-electron chi connectivity index (χ4n) is 1.33. The number of rotatable bonds is 4. The van der Waals surface area contributed by atoms with Crippen molar-refractivity contribution in [2.75, 3.05) is 0 Å². The van der Waals surface area contributed by atoms with E-state index in [1.807, 2.05) is 0 Å². The summed E-state index contributed by atoms with van der Waals surface area (Å²) in [5.74, 6) is -1.58. The molecule has 0 aliphatic carbocycles. The zero-order chi connectivity index (χ0) is 13.1. The Kier molecular flexibility index (Phi) is 3.13. The van der Waals surface area contributed by atoms with Crippen LogP contribution in [-0.4, -0.2) is 22.1 Å². The standard InChI is InChI=1S/C11H10N2O5/c1-6-4-7(18-13-6)5-12-10(14)8-2-3-9(17-8)11(15)16/h2-4H,5H2,1H3,(H,12,14)(H,15,16). The van der Waals surface area contributed by atoms with E-state index in [2.05, 4.69) is 10.5 Å². The average Bonchev–Trinajstić information content (AvgIpc) is 2.94. The van der Waals surface area contributed by atoms with Crippen molar-refractivity contribution in [3.8, 4) is 0 Å². The summed E-state index contributed by atoms with van der Waals surface area (Å²) in [5, 5.41) is 14.8. The molecule has 0 radical (unpaired) electrons. The topological polar surface area (TPSA) is 106 Å². The number of carboxylic acids is 1. The molecule has 0 saturated heterocycles. The molecule has 2 aromatic rings. The zero-order valence-electron chi connectivity index (χ0n) is 9.47. The minimum atomic E-state index is -1.22. The van der Waals surface area contributed by atoms with E-state index < -0.39 is 11.9 Å². The molecule has 2 heterocycles. The Hall–Kier alpha value is -2.57. The second-order valence-corrected chi connectivity index (χ2v) is 3.59. The summed E-state index contributed by atoms with van der Waals surface area (Å²) in [4.78, 5) is 22.2. The van der Waals surface area contributed by atoms with Crippen LogP contribution in [-0.2, 0) is 6.54 Å². The van der Waals surface area contributed by atoms with E-state index in [0.717, 1.165) is 0 Å². The minimum absolute atomic E-state index is 0.0661. The molecule has 0 fully saturated rings. The van der Waals surface area contributed by atoms with Gasteiger partial charge in [0.2, 0.25) is 5.76 Å². The van der Waals surface area contributed by atoms with Gasteiger partial charge in [-0.2, -0.15) is 0 Å². The second kappa shape index (κ2) is 4.74. The number of furan rings is 1. The molecular formula is C11H10N2O5. The number of carbonyl (C=O) groups excluding carboxylic acids is 1. The largest absolute Gasteiger partial charge is 0.475 e. The summed E-state index contributed by atoms with van der Waals surface area (Å²) in [6, 6.07) is 4.20. The lowest BCUT2D eigenvalue weighted by atomic mass is 10.3. The summed E-state index contributed by atoms with van der Waals surface area (Å²) in [5.41, 5.74) is 0.713. The molecule has 0 bridgehead atoms. The fourth-order valence-corrected chi connectivity index (χ4v) is 1.33. The van der Waals surface area contributed by atoms with Crippen LogP contribution in [0.2, 0.25) is 0 Å². The van der Waals surface area contributed by atoms with Gasteiger partial charge in [-0.3, -0.25) is 4.79 Å². The molecule has 0 unspecified atom stereocenters. The van der Waals surface area contributed by atoms with Gasteiger partial charge < -0.3 is 19.4 Å². The quantitative estimate of drug-likeness (QED) is 0.844. The van der Waals surface area contributed by atoms with Gasteiger partial charge in [0.05, 0.1) is 12.2 Å². The molecular weight excluding hydrogens is 240 g/mol. The van der Waals surface area contributed by atoms with E-state index in [4.69, 9.17) is 14.0 Å². The van der Waals surface area contributed by atoms with Crippen molar-refractivity contribution in [3.63, 3.8) is 0 Å². The number of carbonyl (C=O) groups is 2. The van der Waals surface area contributed by atoms with Crippen LogP contribution in [0.15, 0.2) is 27.1 Å². The van der Waals surface area contributed by atoms with Crippen LogP contribution >= 0.6 is 0 Å². The third-order valence-corrected chi connectivity index (χ3v) is 2.14. The third kappa shape index (κ3) is 2.57. The molecule has 0 aliphatic rings. The van der Waals surface area contributed by atoms with Crippen molar-refractivity contribution in [2.45, 2.75) is 13.5 Å². The smallest absolute Gasteiger partial charge is 0.371 e. The van der Waals surface area contributed by atoms with Gasteiger partial charge in [0.1, 0.15) is 0 Å². The van der Waals surface area contributed by atoms with Crippen LogP contribution in [0.1, 0.15) is 32.6 Å². The molecule has 7 nitrogen and oxygen atoms in total. The Morgan fingerprint density at radius 3 is 2.67 bits per heavy atom. The lowest BCUT2D eigenvalue weighted by Gasteiger charge is -1.98. The maximum absolute atomic E-state index is 11.6. The lowest BCUT2D eigenvalue weighted by molar-refractivity contribution is 0.0659. The van der Waals surface area contributed by atoms with Gasteiger partial charge in [-0.05, 0) is 19.1 Å². The highest BCUT2D eigenvalue weighted by Crippen LogP contribution is 2.08. The number of hydrogen-bond acceptors (Lipinski definition) is 5. The maximum atomic E-state index is 11.6. The zero-order valence-corrected chi connectivity index (χ0v) is 9.47. The molecule has 0 saturated carbocycles. The van der Waals surface area contributed by atoms with Crippen molar-refractivity contribution < 1.29 is 23.6 Å². The van der Waals surface area contributed by atoms with E-state index in [9.17, 15) is 9.59 Å². The van der Waals surface area contributed by atoms with E-state index in [-0.39, 0.29) is 18.1 Å². The molecule has 94 valence electrons. The van der Waals surface area contributed by atoms with Crippen LogP contribution in [0.4, 0.5) is 0 Å². The van der Waals surface area contributed by atoms with Gasteiger partial charge in [-0.1, -0.05) is 5.16 Å². The Morgan fingerprint density at radius 2 is 2.11 bits per heavy atom. The van der Waals surface area contributed by atoms with Crippen LogP contribution in [0.3, 0.4) is 0 Å². The summed E-state index contributed by atoms with van der Waals surface area (Å²) in [6.45, 7) is 1.92. The number of carboxylic acid groups (broad SMARTS) is 1.